The summed E-state index contributed by atoms with van der Waals surface area (Å²) in [6, 6.07) is 0. The molecule has 0 bridgehead atoms. The van der Waals surface area contributed by atoms with Gasteiger partial charge < -0.3 is 15.0 Å². The summed E-state index contributed by atoms with van der Waals surface area (Å²) in [5.41, 5.74) is 0. The lowest BCUT2D eigenvalue weighted by molar-refractivity contribution is -0.148. The number of rotatable bonds is 8. The number of nitrogens with zero attached hydrogens (tertiary/aromatic N) is 1. The van der Waals surface area contributed by atoms with Crippen molar-refractivity contribution in [1.29, 1.82) is 0 Å². The summed E-state index contributed by atoms with van der Waals surface area (Å²) in [6.45, 7) is 7.32. The number of ether oxygens (including phenoxy) is 1. The van der Waals surface area contributed by atoms with Gasteiger partial charge in [0.05, 0.1) is 6.61 Å². The molecule has 0 saturated carbocycles. The molecule has 0 aromatic heterocycles. The molecule has 2 amide bonds. The van der Waals surface area contributed by atoms with Crippen LogP contribution in [-0.2, 0) is 19.1 Å². The molecule has 0 rings (SSSR count). The Morgan fingerprint density at radius 3 is 2.56 bits per heavy atom. The molecule has 0 fully saturated rings. The van der Waals surface area contributed by atoms with E-state index in [4.69, 9.17) is 4.74 Å². The fourth-order valence-electron chi connectivity index (χ4n) is 1.28. The van der Waals surface area contributed by atoms with E-state index in [1.54, 1.807) is 6.92 Å². The number of amides is 2. The molecule has 0 aliphatic carbocycles. The zero-order valence-corrected chi connectivity index (χ0v) is 10.9. The monoisotopic (exact) mass is 256 g/mol. The Bertz CT molecular complexity index is 315. The van der Waals surface area contributed by atoms with Gasteiger partial charge >= 0.3 is 5.97 Å². The second-order valence-electron chi connectivity index (χ2n) is 3.60. The van der Waals surface area contributed by atoms with Crippen LogP contribution in [0.1, 0.15) is 20.3 Å². The molecular weight excluding hydrogens is 236 g/mol. The SMILES string of the molecule is C=CCN(CC(=O)OCC)C(=O)CCNC(C)=O. The molecule has 1 N–H and O–H groups in total. The number of nitrogens with one attached hydrogen (secondary N) is 1. The summed E-state index contributed by atoms with van der Waals surface area (Å²) in [6.07, 6.45) is 1.68. The molecule has 102 valence electrons. The van der Waals surface area contributed by atoms with Gasteiger partial charge in [-0.1, -0.05) is 6.08 Å². The van der Waals surface area contributed by atoms with Crippen molar-refractivity contribution >= 4 is 17.8 Å². The Kier molecular flexibility index (Phi) is 8.26. The van der Waals surface area contributed by atoms with Crippen LogP contribution in [0.25, 0.3) is 0 Å². The highest BCUT2D eigenvalue weighted by Gasteiger charge is 2.16. The Morgan fingerprint density at radius 1 is 1.39 bits per heavy atom. The van der Waals surface area contributed by atoms with Gasteiger partial charge in [-0.3, -0.25) is 14.4 Å². The van der Waals surface area contributed by atoms with Crippen molar-refractivity contribution in [2.24, 2.45) is 0 Å². The molecule has 0 atom stereocenters. The van der Waals surface area contributed by atoms with E-state index >= 15 is 0 Å². The zero-order chi connectivity index (χ0) is 14.0. The van der Waals surface area contributed by atoms with Crippen LogP contribution in [-0.4, -0.2) is 48.9 Å². The van der Waals surface area contributed by atoms with Crippen molar-refractivity contribution < 1.29 is 19.1 Å². The van der Waals surface area contributed by atoms with Gasteiger partial charge in [0.15, 0.2) is 0 Å². The third kappa shape index (κ3) is 7.43. The fourth-order valence-corrected chi connectivity index (χ4v) is 1.28. The van der Waals surface area contributed by atoms with Crippen LogP contribution in [0, 0.1) is 0 Å². The van der Waals surface area contributed by atoms with Crippen LogP contribution in [0.2, 0.25) is 0 Å². The highest BCUT2D eigenvalue weighted by atomic mass is 16.5. The molecular formula is C12H20N2O4. The lowest BCUT2D eigenvalue weighted by atomic mass is 10.3. The smallest absolute Gasteiger partial charge is 0.325 e. The molecule has 18 heavy (non-hydrogen) atoms. The van der Waals surface area contributed by atoms with Crippen LogP contribution in [0.5, 0.6) is 0 Å². The van der Waals surface area contributed by atoms with E-state index in [0.717, 1.165) is 0 Å². The van der Waals surface area contributed by atoms with Crippen LogP contribution >= 0.6 is 0 Å². The largest absolute Gasteiger partial charge is 0.465 e. The van der Waals surface area contributed by atoms with Crippen molar-refractivity contribution in [2.75, 3.05) is 26.2 Å². The molecule has 0 aromatic rings. The Balaban J connectivity index is 4.21. The number of hydrogen-bond acceptors (Lipinski definition) is 4. The predicted octanol–water partition coefficient (Wildman–Crippen LogP) is 0.0903. The van der Waals surface area contributed by atoms with Gasteiger partial charge in [0.1, 0.15) is 6.54 Å². The first-order valence-electron chi connectivity index (χ1n) is 5.80. The molecule has 0 saturated heterocycles. The van der Waals surface area contributed by atoms with Crippen molar-refractivity contribution in [2.45, 2.75) is 20.3 Å². The number of carbonyl (C=O) groups is 3. The minimum absolute atomic E-state index is 0.0984. The van der Waals surface area contributed by atoms with E-state index in [1.165, 1.54) is 17.9 Å². The lowest BCUT2D eigenvalue weighted by Crippen LogP contribution is -2.38. The van der Waals surface area contributed by atoms with E-state index < -0.39 is 5.97 Å². The van der Waals surface area contributed by atoms with Crippen molar-refractivity contribution in [3.63, 3.8) is 0 Å². The number of carbonyl (C=O) groups excluding carboxylic acids is 3. The summed E-state index contributed by atoms with van der Waals surface area (Å²) < 4.78 is 4.77. The van der Waals surface area contributed by atoms with Gasteiger partial charge in [-0.05, 0) is 6.92 Å². The molecule has 0 aromatic carbocycles. The van der Waals surface area contributed by atoms with Crippen molar-refractivity contribution in [3.05, 3.63) is 12.7 Å². The average Bonchev–Trinajstić information content (AvgIpc) is 2.28. The van der Waals surface area contributed by atoms with Gasteiger partial charge in [0, 0.05) is 26.4 Å². The maximum atomic E-state index is 11.8. The van der Waals surface area contributed by atoms with Crippen LogP contribution in [0.15, 0.2) is 12.7 Å². The molecule has 6 heteroatoms. The van der Waals surface area contributed by atoms with E-state index in [9.17, 15) is 14.4 Å². The summed E-state index contributed by atoms with van der Waals surface area (Å²) in [5.74, 6) is -0.868. The van der Waals surface area contributed by atoms with Crippen LogP contribution in [0.3, 0.4) is 0 Å². The first-order chi connectivity index (χ1) is 8.51. The second-order valence-corrected chi connectivity index (χ2v) is 3.60. The van der Waals surface area contributed by atoms with Gasteiger partial charge in [0.25, 0.3) is 0 Å². The summed E-state index contributed by atoms with van der Waals surface area (Å²) in [7, 11) is 0. The lowest BCUT2D eigenvalue weighted by Gasteiger charge is -2.20. The normalized spacial score (nSPS) is 9.44. The molecule has 0 radical (unpaired) electrons. The first kappa shape index (κ1) is 16.1. The third-order valence-corrected chi connectivity index (χ3v) is 2.04. The topological polar surface area (TPSA) is 75.7 Å². The fraction of sp³-hybridized carbons (Fsp3) is 0.583. The maximum Gasteiger partial charge on any atom is 0.325 e. The van der Waals surface area contributed by atoms with E-state index in [-0.39, 0.29) is 44.5 Å². The summed E-state index contributed by atoms with van der Waals surface area (Å²) >= 11 is 0. The molecule has 0 aliphatic rings. The Labute approximate surface area is 107 Å². The highest BCUT2D eigenvalue weighted by molar-refractivity contribution is 5.82. The van der Waals surface area contributed by atoms with Crippen molar-refractivity contribution in [1.82, 2.24) is 10.2 Å². The third-order valence-electron chi connectivity index (χ3n) is 2.04. The van der Waals surface area contributed by atoms with Gasteiger partial charge in [-0.15, -0.1) is 6.58 Å². The molecule has 0 unspecified atom stereocenters. The summed E-state index contributed by atoms with van der Waals surface area (Å²) in [5, 5.41) is 2.52. The minimum Gasteiger partial charge on any atom is -0.465 e. The van der Waals surface area contributed by atoms with E-state index in [0.29, 0.717) is 0 Å². The second kappa shape index (κ2) is 9.21. The zero-order valence-electron chi connectivity index (χ0n) is 10.9. The van der Waals surface area contributed by atoms with Crippen LogP contribution < -0.4 is 5.32 Å². The standard InChI is InChI=1S/C12H20N2O4/c1-4-8-14(9-12(17)18-5-2)11(16)6-7-13-10(3)15/h4H,1,5-9H2,2-3H3,(H,13,15). The molecule has 0 heterocycles. The average molecular weight is 256 g/mol. The molecule has 0 aliphatic heterocycles. The van der Waals surface area contributed by atoms with Gasteiger partial charge in [0.2, 0.25) is 11.8 Å². The maximum absolute atomic E-state index is 11.8. The van der Waals surface area contributed by atoms with E-state index in [1.807, 2.05) is 0 Å². The predicted molar refractivity (Wildman–Crippen MR) is 66.7 cm³/mol. The summed E-state index contributed by atoms with van der Waals surface area (Å²) in [4.78, 5) is 35.1. The minimum atomic E-state index is -0.452. The molecule has 6 nitrogen and oxygen atoms in total. The van der Waals surface area contributed by atoms with Gasteiger partial charge in [-0.25, -0.2) is 0 Å². The van der Waals surface area contributed by atoms with E-state index in [2.05, 4.69) is 11.9 Å². The quantitative estimate of drug-likeness (QED) is 0.493. The number of esters is 1. The molecule has 0 spiro atoms. The first-order valence-corrected chi connectivity index (χ1v) is 5.80. The Hall–Kier alpha value is -1.85. The highest BCUT2D eigenvalue weighted by Crippen LogP contribution is 1.96. The Morgan fingerprint density at radius 2 is 2.06 bits per heavy atom. The van der Waals surface area contributed by atoms with Crippen LogP contribution in [0.4, 0.5) is 0 Å². The van der Waals surface area contributed by atoms with Gasteiger partial charge in [-0.2, -0.15) is 0 Å². The number of hydrogen-bond donors (Lipinski definition) is 1. The van der Waals surface area contributed by atoms with Crippen molar-refractivity contribution in [3.8, 4) is 0 Å².